The normalized spacial score (nSPS) is 16.6. The van der Waals surface area contributed by atoms with Crippen LogP contribution in [0.1, 0.15) is 49.1 Å². The smallest absolute Gasteiger partial charge is 0.374 e. The van der Waals surface area contributed by atoms with Gasteiger partial charge in [0.25, 0.3) is 0 Å². The molecule has 0 aliphatic heterocycles. The van der Waals surface area contributed by atoms with Gasteiger partial charge in [0.1, 0.15) is 6.10 Å². The molecule has 1 N–H and O–H groups in total. The first kappa shape index (κ1) is 13.8. The molecule has 21 heavy (non-hydrogen) atoms. The molecule has 0 atom stereocenters. The monoisotopic (exact) mass is 286 g/mol. The Kier molecular flexibility index (Phi) is 3.99. The van der Waals surface area contributed by atoms with E-state index in [4.69, 9.17) is 9.84 Å². The third-order valence-electron chi connectivity index (χ3n) is 3.84. The summed E-state index contributed by atoms with van der Waals surface area (Å²) in [4.78, 5) is 19.3. The van der Waals surface area contributed by atoms with Crippen molar-refractivity contribution in [2.45, 2.75) is 44.6 Å². The third kappa shape index (κ3) is 3.12. The van der Waals surface area contributed by atoms with Crippen LogP contribution in [0.15, 0.2) is 24.3 Å². The van der Waals surface area contributed by atoms with Gasteiger partial charge in [0.05, 0.1) is 10.9 Å². The number of carboxylic acids is 1. The van der Waals surface area contributed by atoms with Gasteiger partial charge in [-0.2, -0.15) is 4.98 Å². The molecule has 1 aromatic heterocycles. The number of benzene rings is 1. The lowest BCUT2D eigenvalue weighted by molar-refractivity contribution is 0.0681. The molecule has 1 fully saturated rings. The van der Waals surface area contributed by atoms with E-state index in [0.717, 1.165) is 31.1 Å². The lowest BCUT2D eigenvalue weighted by Crippen LogP contribution is -2.17. The number of nitrogens with zero attached hydrogens (tertiary/aromatic N) is 2. The average Bonchev–Trinajstić information content (AvgIpc) is 2.75. The van der Waals surface area contributed by atoms with Gasteiger partial charge < -0.3 is 9.84 Å². The van der Waals surface area contributed by atoms with Crippen LogP contribution in [-0.2, 0) is 0 Å². The van der Waals surface area contributed by atoms with Gasteiger partial charge in [0, 0.05) is 0 Å². The highest BCUT2D eigenvalue weighted by Crippen LogP contribution is 2.27. The first-order chi connectivity index (χ1) is 10.2. The Morgan fingerprint density at radius 3 is 2.52 bits per heavy atom. The summed E-state index contributed by atoms with van der Waals surface area (Å²) < 4.78 is 6.02. The molecule has 1 saturated carbocycles. The minimum absolute atomic E-state index is 0.118. The van der Waals surface area contributed by atoms with Gasteiger partial charge in [-0.15, -0.1) is 0 Å². The van der Waals surface area contributed by atoms with Crippen LogP contribution in [0, 0.1) is 0 Å². The van der Waals surface area contributed by atoms with E-state index < -0.39 is 5.97 Å². The first-order valence-corrected chi connectivity index (χ1v) is 7.41. The van der Waals surface area contributed by atoms with Gasteiger partial charge in [-0.1, -0.05) is 25.0 Å². The molecule has 0 saturated heterocycles. The summed E-state index contributed by atoms with van der Waals surface area (Å²) >= 11 is 0. The fraction of sp³-hybridized carbons (Fsp3) is 0.438. The lowest BCUT2D eigenvalue weighted by atomic mass is 10.1. The summed E-state index contributed by atoms with van der Waals surface area (Å²) in [5, 5.41) is 9.91. The summed E-state index contributed by atoms with van der Waals surface area (Å²) in [6.07, 6.45) is 6.91. The van der Waals surface area contributed by atoms with Gasteiger partial charge in [-0.05, 0) is 37.8 Å². The van der Waals surface area contributed by atoms with E-state index in [1.807, 2.05) is 18.2 Å². The van der Waals surface area contributed by atoms with Crippen LogP contribution in [0.4, 0.5) is 0 Å². The van der Waals surface area contributed by atoms with Crippen molar-refractivity contribution < 1.29 is 14.6 Å². The number of ether oxygens (including phenoxy) is 1. The molecule has 1 aliphatic rings. The van der Waals surface area contributed by atoms with Crippen LogP contribution < -0.4 is 4.74 Å². The van der Waals surface area contributed by atoms with Crippen molar-refractivity contribution in [2.75, 3.05) is 0 Å². The predicted molar refractivity (Wildman–Crippen MR) is 78.6 cm³/mol. The fourth-order valence-corrected chi connectivity index (χ4v) is 2.75. The van der Waals surface area contributed by atoms with Gasteiger partial charge in [0.15, 0.2) is 0 Å². The molecule has 0 spiro atoms. The highest BCUT2D eigenvalue weighted by molar-refractivity contribution is 5.89. The number of rotatable bonds is 3. The molecular formula is C16H18N2O3. The Morgan fingerprint density at radius 1 is 1.10 bits per heavy atom. The van der Waals surface area contributed by atoms with Crippen LogP contribution in [0.2, 0.25) is 0 Å². The van der Waals surface area contributed by atoms with Crippen molar-refractivity contribution in [1.82, 2.24) is 9.97 Å². The van der Waals surface area contributed by atoms with Crippen LogP contribution in [0.25, 0.3) is 10.9 Å². The molecule has 1 aromatic carbocycles. The predicted octanol–water partition coefficient (Wildman–Crippen LogP) is 3.43. The molecule has 2 aromatic rings. The van der Waals surface area contributed by atoms with Crippen molar-refractivity contribution in [3.8, 4) is 5.88 Å². The topological polar surface area (TPSA) is 72.3 Å². The van der Waals surface area contributed by atoms with Gasteiger partial charge >= 0.3 is 5.97 Å². The second-order valence-electron chi connectivity index (χ2n) is 5.41. The summed E-state index contributed by atoms with van der Waals surface area (Å²) in [6.45, 7) is 0. The lowest BCUT2D eigenvalue weighted by Gasteiger charge is -2.17. The summed E-state index contributed by atoms with van der Waals surface area (Å²) in [6, 6.07) is 7.36. The largest absolute Gasteiger partial charge is 0.475 e. The Bertz CT molecular complexity index is 649. The number of fused-ring (bicyclic) bond motifs is 1. The maximum atomic E-state index is 11.2. The number of carbonyl (C=O) groups is 1. The molecule has 1 heterocycles. The van der Waals surface area contributed by atoms with Crippen molar-refractivity contribution >= 4 is 16.9 Å². The summed E-state index contributed by atoms with van der Waals surface area (Å²) in [5.41, 5.74) is 0.605. The zero-order valence-corrected chi connectivity index (χ0v) is 11.8. The van der Waals surface area contributed by atoms with Crippen molar-refractivity contribution in [3.63, 3.8) is 0 Å². The van der Waals surface area contributed by atoms with Crippen molar-refractivity contribution in [3.05, 3.63) is 30.1 Å². The SMILES string of the molecule is O=C(O)c1nc(OC2CCCCCC2)c2ccccc2n1. The van der Waals surface area contributed by atoms with Crippen LogP contribution in [0.3, 0.4) is 0 Å². The van der Waals surface area contributed by atoms with Crippen LogP contribution in [-0.4, -0.2) is 27.1 Å². The van der Waals surface area contributed by atoms with E-state index in [0.29, 0.717) is 11.4 Å². The van der Waals surface area contributed by atoms with E-state index in [9.17, 15) is 4.79 Å². The van der Waals surface area contributed by atoms with E-state index in [1.165, 1.54) is 12.8 Å². The summed E-state index contributed by atoms with van der Waals surface area (Å²) in [7, 11) is 0. The second kappa shape index (κ2) is 6.08. The zero-order valence-electron chi connectivity index (χ0n) is 11.8. The quantitative estimate of drug-likeness (QED) is 0.875. The minimum atomic E-state index is -1.13. The van der Waals surface area contributed by atoms with E-state index in [1.54, 1.807) is 6.07 Å². The number of carboxylic acid groups (broad SMARTS) is 1. The number of hydrogen-bond acceptors (Lipinski definition) is 4. The number of aromatic carboxylic acids is 1. The minimum Gasteiger partial charge on any atom is -0.475 e. The molecule has 5 heteroatoms. The number of aromatic nitrogens is 2. The van der Waals surface area contributed by atoms with E-state index >= 15 is 0 Å². The van der Waals surface area contributed by atoms with E-state index in [-0.39, 0.29) is 11.9 Å². The van der Waals surface area contributed by atoms with Crippen molar-refractivity contribution in [1.29, 1.82) is 0 Å². The first-order valence-electron chi connectivity index (χ1n) is 7.41. The van der Waals surface area contributed by atoms with Gasteiger partial charge in [0.2, 0.25) is 11.7 Å². The highest BCUT2D eigenvalue weighted by atomic mass is 16.5. The van der Waals surface area contributed by atoms with Crippen LogP contribution in [0.5, 0.6) is 5.88 Å². The number of para-hydroxylation sites is 1. The Morgan fingerprint density at radius 2 is 1.81 bits per heavy atom. The molecule has 0 radical (unpaired) electrons. The maximum absolute atomic E-state index is 11.2. The molecule has 1 aliphatic carbocycles. The summed E-state index contributed by atoms with van der Waals surface area (Å²) in [5.74, 6) is -0.950. The second-order valence-corrected chi connectivity index (χ2v) is 5.41. The Hall–Kier alpha value is -2.17. The third-order valence-corrected chi connectivity index (χ3v) is 3.84. The molecule has 3 rings (SSSR count). The van der Waals surface area contributed by atoms with Gasteiger partial charge in [-0.3, -0.25) is 0 Å². The molecule has 0 unspecified atom stereocenters. The standard InChI is InChI=1S/C16H18N2O3/c19-16(20)14-17-13-10-6-5-9-12(13)15(18-14)21-11-7-3-1-2-4-8-11/h5-6,9-11H,1-4,7-8H2,(H,19,20). The fourth-order valence-electron chi connectivity index (χ4n) is 2.75. The maximum Gasteiger partial charge on any atom is 0.374 e. The Labute approximate surface area is 123 Å². The highest BCUT2D eigenvalue weighted by Gasteiger charge is 2.18. The molecule has 110 valence electrons. The molecule has 5 nitrogen and oxygen atoms in total. The molecule has 0 bridgehead atoms. The zero-order chi connectivity index (χ0) is 14.7. The molecular weight excluding hydrogens is 268 g/mol. The molecule has 0 amide bonds. The van der Waals surface area contributed by atoms with Gasteiger partial charge in [-0.25, -0.2) is 9.78 Å². The number of hydrogen-bond donors (Lipinski definition) is 1. The van der Waals surface area contributed by atoms with Crippen molar-refractivity contribution in [2.24, 2.45) is 0 Å². The average molecular weight is 286 g/mol. The van der Waals surface area contributed by atoms with E-state index in [2.05, 4.69) is 9.97 Å². The Balaban J connectivity index is 1.97. The van der Waals surface area contributed by atoms with Crippen LogP contribution >= 0.6 is 0 Å².